The van der Waals surface area contributed by atoms with Gasteiger partial charge in [0.15, 0.2) is 5.78 Å². The van der Waals surface area contributed by atoms with E-state index in [1.54, 1.807) is 0 Å². The summed E-state index contributed by atoms with van der Waals surface area (Å²) >= 11 is 3.75. The summed E-state index contributed by atoms with van der Waals surface area (Å²) in [6.07, 6.45) is 4.78. The number of carbonyl (C=O) groups is 1. The fourth-order valence-corrected chi connectivity index (χ4v) is 4.66. The minimum absolute atomic E-state index is 0.0971. The second-order valence-corrected chi connectivity index (χ2v) is 8.36. The van der Waals surface area contributed by atoms with E-state index in [0.29, 0.717) is 5.92 Å². The number of fused-ring (bicyclic) bond motifs is 2. The van der Waals surface area contributed by atoms with Crippen molar-refractivity contribution in [3.8, 4) is 16.9 Å². The topological polar surface area (TPSA) is 26.3 Å². The molecule has 0 N–H and O–H groups in total. The Morgan fingerprint density at radius 3 is 2.46 bits per heavy atom. The molecule has 3 aromatic rings. The summed E-state index contributed by atoms with van der Waals surface area (Å²) < 4.78 is 7.25. The van der Waals surface area contributed by atoms with Crippen LogP contribution in [0.2, 0.25) is 0 Å². The van der Waals surface area contributed by atoms with Crippen molar-refractivity contribution in [2.24, 2.45) is 5.92 Å². The van der Waals surface area contributed by atoms with Crippen LogP contribution in [0.4, 0.5) is 0 Å². The highest BCUT2D eigenvalue weighted by atomic mass is 79.9. The molecule has 0 amide bonds. The molecule has 1 aliphatic carbocycles. The van der Waals surface area contributed by atoms with Gasteiger partial charge in [-0.2, -0.15) is 0 Å². The molecular formula is C25H25BrO2. The molecule has 3 aromatic carbocycles. The van der Waals surface area contributed by atoms with Crippen LogP contribution >= 0.6 is 15.9 Å². The molecule has 1 aliphatic rings. The van der Waals surface area contributed by atoms with Gasteiger partial charge in [0.2, 0.25) is 0 Å². The Kier molecular flexibility index (Phi) is 5.54. The van der Waals surface area contributed by atoms with Crippen molar-refractivity contribution >= 4 is 32.5 Å². The van der Waals surface area contributed by atoms with Gasteiger partial charge < -0.3 is 4.74 Å². The van der Waals surface area contributed by atoms with Crippen LogP contribution in [0, 0.1) is 5.92 Å². The summed E-state index contributed by atoms with van der Waals surface area (Å²) in [5, 5.41) is 2.05. The predicted molar refractivity (Wildman–Crippen MR) is 119 cm³/mol. The van der Waals surface area contributed by atoms with E-state index in [-0.39, 0.29) is 5.78 Å². The SMILES string of the molecule is CCCCC(CC)COc1cc2c3c(cccc3c1Br)C(=O)c1ccccc1-2. The average molecular weight is 437 g/mol. The first kappa shape index (κ1) is 19.2. The van der Waals surface area contributed by atoms with Crippen molar-refractivity contribution in [3.05, 3.63) is 64.1 Å². The normalized spacial score (nSPS) is 13.5. The van der Waals surface area contributed by atoms with Crippen LogP contribution in [0.1, 0.15) is 55.5 Å². The summed E-state index contributed by atoms with van der Waals surface area (Å²) in [6, 6.07) is 15.9. The molecule has 0 bridgehead atoms. The lowest BCUT2D eigenvalue weighted by Crippen LogP contribution is -2.13. The summed E-state index contributed by atoms with van der Waals surface area (Å²) in [6.45, 7) is 5.19. The van der Waals surface area contributed by atoms with Gasteiger partial charge in [0.05, 0.1) is 11.1 Å². The standard InChI is InChI=1S/C25H25BrO2/c1-3-5-9-16(4-2)15-28-22-14-21-17-10-6-7-11-18(17)25(27)20-13-8-12-19(23(20)21)24(22)26/h6-8,10-14,16H,3-5,9,15H2,1-2H3. The molecule has 28 heavy (non-hydrogen) atoms. The Hall–Kier alpha value is -2.13. The van der Waals surface area contributed by atoms with E-state index in [9.17, 15) is 4.79 Å². The highest BCUT2D eigenvalue weighted by Gasteiger charge is 2.27. The Morgan fingerprint density at radius 2 is 1.71 bits per heavy atom. The number of ether oxygens (including phenoxy) is 1. The van der Waals surface area contributed by atoms with Crippen molar-refractivity contribution in [1.82, 2.24) is 0 Å². The van der Waals surface area contributed by atoms with Crippen LogP contribution in [0.3, 0.4) is 0 Å². The summed E-state index contributed by atoms with van der Waals surface area (Å²) in [4.78, 5) is 13.0. The van der Waals surface area contributed by atoms with E-state index < -0.39 is 0 Å². The molecule has 4 rings (SSSR count). The number of hydrogen-bond acceptors (Lipinski definition) is 2. The zero-order valence-corrected chi connectivity index (χ0v) is 18.0. The van der Waals surface area contributed by atoms with Gasteiger partial charge in [0, 0.05) is 21.9 Å². The number of rotatable bonds is 7. The lowest BCUT2D eigenvalue weighted by atomic mass is 9.83. The fourth-order valence-electron chi connectivity index (χ4n) is 4.10. The Morgan fingerprint density at radius 1 is 0.964 bits per heavy atom. The van der Waals surface area contributed by atoms with E-state index in [0.717, 1.165) is 56.3 Å². The molecule has 1 atom stereocenters. The average Bonchev–Trinajstić information content (AvgIpc) is 2.74. The molecule has 0 fully saturated rings. The maximum atomic E-state index is 13.0. The third-order valence-corrected chi connectivity index (χ3v) is 6.60. The Balaban J connectivity index is 1.80. The van der Waals surface area contributed by atoms with Crippen molar-refractivity contribution in [2.75, 3.05) is 6.61 Å². The zero-order chi connectivity index (χ0) is 19.7. The highest BCUT2D eigenvalue weighted by molar-refractivity contribution is 9.10. The summed E-state index contributed by atoms with van der Waals surface area (Å²) in [7, 11) is 0. The smallest absolute Gasteiger partial charge is 0.194 e. The predicted octanol–water partition coefficient (Wildman–Crippen LogP) is 7.41. The van der Waals surface area contributed by atoms with Gasteiger partial charge in [-0.25, -0.2) is 0 Å². The van der Waals surface area contributed by atoms with Crippen LogP contribution in [-0.2, 0) is 0 Å². The molecule has 0 aliphatic heterocycles. The van der Waals surface area contributed by atoms with Crippen LogP contribution in [0.25, 0.3) is 21.9 Å². The van der Waals surface area contributed by atoms with Gasteiger partial charge in [0.1, 0.15) is 5.75 Å². The lowest BCUT2D eigenvalue weighted by Gasteiger charge is -2.23. The minimum Gasteiger partial charge on any atom is -0.492 e. The zero-order valence-electron chi connectivity index (χ0n) is 16.4. The molecule has 0 heterocycles. The number of unbranched alkanes of at least 4 members (excludes halogenated alkanes) is 1. The molecule has 0 saturated carbocycles. The number of halogens is 1. The molecule has 2 nitrogen and oxygen atoms in total. The molecule has 0 spiro atoms. The Labute approximate surface area is 175 Å². The van der Waals surface area contributed by atoms with E-state index >= 15 is 0 Å². The number of carbonyl (C=O) groups excluding carboxylic acids is 1. The van der Waals surface area contributed by atoms with Crippen LogP contribution < -0.4 is 4.74 Å². The largest absolute Gasteiger partial charge is 0.492 e. The molecular weight excluding hydrogens is 412 g/mol. The van der Waals surface area contributed by atoms with Gasteiger partial charge in [-0.1, -0.05) is 75.6 Å². The van der Waals surface area contributed by atoms with E-state index in [2.05, 4.69) is 41.9 Å². The van der Waals surface area contributed by atoms with Gasteiger partial charge in [0.25, 0.3) is 0 Å². The molecule has 144 valence electrons. The summed E-state index contributed by atoms with van der Waals surface area (Å²) in [5.74, 6) is 1.53. The first-order chi connectivity index (χ1) is 13.7. The van der Waals surface area contributed by atoms with Gasteiger partial charge in [-0.05, 0) is 45.5 Å². The van der Waals surface area contributed by atoms with E-state index in [1.165, 1.54) is 19.3 Å². The maximum Gasteiger partial charge on any atom is 0.194 e. The van der Waals surface area contributed by atoms with Crippen LogP contribution in [-0.4, -0.2) is 12.4 Å². The minimum atomic E-state index is 0.0971. The van der Waals surface area contributed by atoms with Crippen molar-refractivity contribution < 1.29 is 9.53 Å². The third kappa shape index (κ3) is 3.26. The molecule has 3 heteroatoms. The molecule has 0 saturated heterocycles. The maximum absolute atomic E-state index is 13.0. The van der Waals surface area contributed by atoms with Crippen LogP contribution in [0.5, 0.6) is 5.75 Å². The second kappa shape index (κ2) is 8.08. The molecule has 0 radical (unpaired) electrons. The fraction of sp³-hybridized carbons (Fsp3) is 0.320. The number of hydrogen-bond donors (Lipinski definition) is 0. The molecule has 1 unspecified atom stereocenters. The van der Waals surface area contributed by atoms with Gasteiger partial charge in [-0.3, -0.25) is 4.79 Å². The van der Waals surface area contributed by atoms with Crippen molar-refractivity contribution in [2.45, 2.75) is 39.5 Å². The number of ketones is 1. The number of benzene rings is 3. The Bertz CT molecular complexity index is 1040. The molecule has 0 aromatic heterocycles. The summed E-state index contributed by atoms with van der Waals surface area (Å²) in [5.41, 5.74) is 3.62. The van der Waals surface area contributed by atoms with Crippen molar-refractivity contribution in [1.29, 1.82) is 0 Å². The van der Waals surface area contributed by atoms with Crippen LogP contribution in [0.15, 0.2) is 53.0 Å². The third-order valence-electron chi connectivity index (χ3n) is 5.79. The van der Waals surface area contributed by atoms with Crippen molar-refractivity contribution in [3.63, 3.8) is 0 Å². The van der Waals surface area contributed by atoms with E-state index in [4.69, 9.17) is 4.74 Å². The first-order valence-electron chi connectivity index (χ1n) is 10.2. The first-order valence-corrected chi connectivity index (χ1v) is 11.0. The second-order valence-electron chi connectivity index (χ2n) is 7.57. The van der Waals surface area contributed by atoms with Gasteiger partial charge in [-0.15, -0.1) is 0 Å². The van der Waals surface area contributed by atoms with Gasteiger partial charge >= 0.3 is 0 Å². The highest BCUT2D eigenvalue weighted by Crippen LogP contribution is 2.45. The lowest BCUT2D eigenvalue weighted by molar-refractivity contribution is 0.104. The monoisotopic (exact) mass is 436 g/mol. The van der Waals surface area contributed by atoms with E-state index in [1.807, 2.05) is 36.4 Å². The quantitative estimate of drug-likeness (QED) is 0.301.